The number of amides is 2. The molecule has 2 rings (SSSR count). The van der Waals surface area contributed by atoms with Crippen LogP contribution in [0.1, 0.15) is 46.0 Å². The Morgan fingerprint density at radius 3 is 2.60 bits per heavy atom. The van der Waals surface area contributed by atoms with Crippen molar-refractivity contribution in [2.45, 2.75) is 52.0 Å². The van der Waals surface area contributed by atoms with Crippen LogP contribution in [0, 0.1) is 17.8 Å². The molecule has 1 aliphatic carbocycles. The first-order chi connectivity index (χ1) is 9.49. The molecule has 4 atom stereocenters. The Morgan fingerprint density at radius 1 is 1.25 bits per heavy atom. The molecule has 2 aliphatic rings. The maximum Gasteiger partial charge on any atom is 0.326 e. The summed E-state index contributed by atoms with van der Waals surface area (Å²) < 4.78 is 0. The van der Waals surface area contributed by atoms with Gasteiger partial charge in [0.15, 0.2) is 0 Å². The van der Waals surface area contributed by atoms with Crippen molar-refractivity contribution in [2.75, 3.05) is 13.1 Å². The summed E-state index contributed by atoms with van der Waals surface area (Å²) in [6, 6.07) is -0.880. The summed E-state index contributed by atoms with van der Waals surface area (Å²) >= 11 is 0. The van der Waals surface area contributed by atoms with Crippen LogP contribution in [-0.4, -0.2) is 41.1 Å². The Balaban J connectivity index is 1.88. The van der Waals surface area contributed by atoms with E-state index in [0.717, 1.165) is 18.8 Å². The van der Waals surface area contributed by atoms with Gasteiger partial charge in [0.2, 0.25) is 0 Å². The highest BCUT2D eigenvalue weighted by molar-refractivity contribution is 5.83. The first-order valence-corrected chi connectivity index (χ1v) is 7.76. The second kappa shape index (κ2) is 6.46. The van der Waals surface area contributed by atoms with Gasteiger partial charge in [0.25, 0.3) is 0 Å². The molecular formula is C15H26N2O3. The van der Waals surface area contributed by atoms with Crippen LogP contribution in [0.25, 0.3) is 0 Å². The number of urea groups is 1. The largest absolute Gasteiger partial charge is 0.480 e. The molecule has 2 amide bonds. The molecule has 0 spiro atoms. The fourth-order valence-corrected chi connectivity index (χ4v) is 3.64. The maximum atomic E-state index is 12.2. The lowest BCUT2D eigenvalue weighted by molar-refractivity contribution is -0.145. The fourth-order valence-electron chi connectivity index (χ4n) is 3.64. The molecule has 1 saturated carbocycles. The van der Waals surface area contributed by atoms with Crippen molar-refractivity contribution in [2.24, 2.45) is 17.8 Å². The van der Waals surface area contributed by atoms with Crippen LogP contribution in [0.5, 0.6) is 0 Å². The average Bonchev–Trinajstić information content (AvgIpc) is 2.81. The maximum absolute atomic E-state index is 12.2. The number of carboxylic acid groups (broad SMARTS) is 1. The first kappa shape index (κ1) is 15.1. The summed E-state index contributed by atoms with van der Waals surface area (Å²) in [5, 5.41) is 12.3. The van der Waals surface area contributed by atoms with E-state index in [9.17, 15) is 14.7 Å². The lowest BCUT2D eigenvalue weighted by atomic mass is 9.91. The van der Waals surface area contributed by atoms with E-state index in [4.69, 9.17) is 0 Å². The van der Waals surface area contributed by atoms with Gasteiger partial charge in [0.1, 0.15) is 6.04 Å². The molecule has 1 heterocycles. The number of hydrogen-bond acceptors (Lipinski definition) is 2. The Labute approximate surface area is 120 Å². The number of carboxylic acids is 1. The molecule has 1 aliphatic heterocycles. The highest BCUT2D eigenvalue weighted by atomic mass is 16.4. The molecule has 0 radical (unpaired) electrons. The third kappa shape index (κ3) is 3.44. The van der Waals surface area contributed by atoms with Crippen LogP contribution in [0.15, 0.2) is 0 Å². The van der Waals surface area contributed by atoms with Crippen LogP contribution in [0.4, 0.5) is 4.79 Å². The van der Waals surface area contributed by atoms with Gasteiger partial charge in [-0.1, -0.05) is 20.3 Å². The highest BCUT2D eigenvalue weighted by Crippen LogP contribution is 2.30. The van der Waals surface area contributed by atoms with E-state index in [1.807, 2.05) is 6.92 Å². The van der Waals surface area contributed by atoms with Crippen molar-refractivity contribution in [3.63, 3.8) is 0 Å². The topological polar surface area (TPSA) is 69.6 Å². The molecule has 0 bridgehead atoms. The van der Waals surface area contributed by atoms with Crippen LogP contribution in [0.3, 0.4) is 0 Å². The number of carbonyl (C=O) groups excluding carboxylic acids is 1. The predicted molar refractivity (Wildman–Crippen MR) is 76.4 cm³/mol. The van der Waals surface area contributed by atoms with Crippen molar-refractivity contribution in [3.05, 3.63) is 0 Å². The highest BCUT2D eigenvalue weighted by Gasteiger charge is 2.37. The number of nitrogens with zero attached hydrogens (tertiary/aromatic N) is 1. The van der Waals surface area contributed by atoms with Gasteiger partial charge in [-0.25, -0.2) is 9.59 Å². The van der Waals surface area contributed by atoms with Gasteiger partial charge < -0.3 is 15.3 Å². The van der Waals surface area contributed by atoms with Gasteiger partial charge in [-0.2, -0.15) is 0 Å². The minimum atomic E-state index is -0.887. The number of rotatable bonds is 3. The van der Waals surface area contributed by atoms with Gasteiger partial charge in [0, 0.05) is 13.1 Å². The molecule has 0 aromatic rings. The zero-order chi connectivity index (χ0) is 14.7. The van der Waals surface area contributed by atoms with Gasteiger partial charge in [-0.3, -0.25) is 0 Å². The number of carbonyl (C=O) groups is 2. The summed E-state index contributed by atoms with van der Waals surface area (Å²) in [6.45, 7) is 5.39. The summed E-state index contributed by atoms with van der Waals surface area (Å²) in [5.41, 5.74) is 0. The molecule has 0 aromatic heterocycles. The Kier molecular flexibility index (Phi) is 4.89. The Bertz CT molecular complexity index is 372. The number of nitrogens with one attached hydrogen (secondary N) is 1. The van der Waals surface area contributed by atoms with Crippen LogP contribution >= 0.6 is 0 Å². The van der Waals surface area contributed by atoms with Crippen molar-refractivity contribution in [3.8, 4) is 0 Å². The summed E-state index contributed by atoms with van der Waals surface area (Å²) in [7, 11) is 0. The van der Waals surface area contributed by atoms with Gasteiger partial charge in [-0.05, 0) is 43.4 Å². The standard InChI is InChI=1S/C15H26N2O3/c1-10-5-6-12(8-10)9-16-15(20)17-7-3-4-11(2)13(17)14(18)19/h10-13H,3-9H2,1-2H3,(H,16,20)(H,18,19). The van der Waals surface area contributed by atoms with Crippen LogP contribution in [-0.2, 0) is 4.79 Å². The normalized spacial score (nSPS) is 34.0. The van der Waals surface area contributed by atoms with Crippen molar-refractivity contribution in [1.82, 2.24) is 10.2 Å². The van der Waals surface area contributed by atoms with Gasteiger partial charge >= 0.3 is 12.0 Å². The Hall–Kier alpha value is -1.26. The van der Waals surface area contributed by atoms with Crippen molar-refractivity contribution < 1.29 is 14.7 Å². The molecular weight excluding hydrogens is 256 g/mol. The monoisotopic (exact) mass is 282 g/mol. The second-order valence-corrected chi connectivity index (χ2v) is 6.57. The van der Waals surface area contributed by atoms with E-state index < -0.39 is 12.0 Å². The molecule has 4 unspecified atom stereocenters. The molecule has 2 N–H and O–H groups in total. The quantitative estimate of drug-likeness (QED) is 0.834. The molecule has 1 saturated heterocycles. The van der Waals surface area contributed by atoms with E-state index in [1.54, 1.807) is 0 Å². The van der Waals surface area contributed by atoms with Crippen molar-refractivity contribution in [1.29, 1.82) is 0 Å². The second-order valence-electron chi connectivity index (χ2n) is 6.57. The van der Waals surface area contributed by atoms with E-state index in [0.29, 0.717) is 19.0 Å². The minimum absolute atomic E-state index is 0.0264. The van der Waals surface area contributed by atoms with Crippen LogP contribution in [0.2, 0.25) is 0 Å². The molecule has 114 valence electrons. The summed E-state index contributed by atoms with van der Waals surface area (Å²) in [4.78, 5) is 25.1. The van der Waals surface area contributed by atoms with Crippen molar-refractivity contribution >= 4 is 12.0 Å². The molecule has 2 fully saturated rings. The smallest absolute Gasteiger partial charge is 0.326 e. The molecule has 5 heteroatoms. The zero-order valence-electron chi connectivity index (χ0n) is 12.5. The van der Waals surface area contributed by atoms with Gasteiger partial charge in [0.05, 0.1) is 0 Å². The third-order valence-electron chi connectivity index (χ3n) is 4.79. The average molecular weight is 282 g/mol. The summed E-state index contributed by atoms with van der Waals surface area (Å²) in [5.74, 6) is 0.443. The molecule has 20 heavy (non-hydrogen) atoms. The number of aliphatic carboxylic acids is 1. The van der Waals surface area contributed by atoms with E-state index in [1.165, 1.54) is 24.2 Å². The van der Waals surface area contributed by atoms with Gasteiger partial charge in [-0.15, -0.1) is 0 Å². The Morgan fingerprint density at radius 2 is 2.00 bits per heavy atom. The first-order valence-electron chi connectivity index (χ1n) is 7.76. The molecule has 5 nitrogen and oxygen atoms in total. The minimum Gasteiger partial charge on any atom is -0.480 e. The lowest BCUT2D eigenvalue weighted by Crippen LogP contribution is -2.55. The summed E-state index contributed by atoms with van der Waals surface area (Å²) in [6.07, 6.45) is 5.33. The SMILES string of the molecule is CC1CCC(CNC(=O)N2CCCC(C)C2C(=O)O)C1. The zero-order valence-corrected chi connectivity index (χ0v) is 12.5. The van der Waals surface area contributed by atoms with E-state index in [-0.39, 0.29) is 11.9 Å². The lowest BCUT2D eigenvalue weighted by Gasteiger charge is -2.37. The predicted octanol–water partition coefficient (Wildman–Crippen LogP) is 2.32. The van der Waals surface area contributed by atoms with E-state index >= 15 is 0 Å². The number of likely N-dealkylation sites (tertiary alicyclic amines) is 1. The fraction of sp³-hybridized carbons (Fsp3) is 0.867. The molecule has 0 aromatic carbocycles. The number of hydrogen-bond donors (Lipinski definition) is 2. The van der Waals surface area contributed by atoms with E-state index in [2.05, 4.69) is 12.2 Å². The third-order valence-corrected chi connectivity index (χ3v) is 4.79. The number of piperidine rings is 1. The van der Waals surface area contributed by atoms with Crippen LogP contribution < -0.4 is 5.32 Å².